The number of fused-ring (bicyclic) bond motifs is 1. The minimum atomic E-state index is 0.536. The van der Waals surface area contributed by atoms with E-state index in [-0.39, 0.29) is 0 Å². The summed E-state index contributed by atoms with van der Waals surface area (Å²) in [4.78, 5) is 7.19. The molecule has 5 nitrogen and oxygen atoms in total. The average molecular weight is 418 g/mol. The minimum absolute atomic E-state index is 0.536. The molecule has 0 spiro atoms. The van der Waals surface area contributed by atoms with E-state index in [0.29, 0.717) is 11.2 Å². The third-order valence-corrected chi connectivity index (χ3v) is 7.70. The van der Waals surface area contributed by atoms with E-state index in [1.165, 1.54) is 54.6 Å². The van der Waals surface area contributed by atoms with Crippen molar-refractivity contribution in [1.29, 1.82) is 0 Å². The molecule has 1 aliphatic carbocycles. The minimum Gasteiger partial charge on any atom is -0.376 e. The SMILES string of the molecule is CN(C(N)=S)[C@H]1CC[C@H](CCN2CCN(c3nsc4ccccc34)CC2)CC1. The van der Waals surface area contributed by atoms with Crippen LogP contribution in [0.3, 0.4) is 0 Å². The highest BCUT2D eigenvalue weighted by atomic mass is 32.1. The summed E-state index contributed by atoms with van der Waals surface area (Å²) in [6.45, 7) is 5.68. The third-order valence-electron chi connectivity index (χ3n) is 6.60. The van der Waals surface area contributed by atoms with E-state index in [1.54, 1.807) is 11.5 Å². The first-order chi connectivity index (χ1) is 13.6. The van der Waals surface area contributed by atoms with Crippen LogP contribution >= 0.6 is 23.8 Å². The van der Waals surface area contributed by atoms with Gasteiger partial charge in [0.15, 0.2) is 5.11 Å². The topological polar surface area (TPSA) is 48.6 Å². The Hall–Kier alpha value is -1.44. The molecule has 152 valence electrons. The van der Waals surface area contributed by atoms with Crippen LogP contribution in [0.2, 0.25) is 0 Å². The predicted octanol–water partition coefficient (Wildman–Crippen LogP) is 3.54. The molecule has 0 atom stereocenters. The highest BCUT2D eigenvalue weighted by Crippen LogP contribution is 2.31. The van der Waals surface area contributed by atoms with Crippen LogP contribution in [0, 0.1) is 5.92 Å². The Morgan fingerprint density at radius 3 is 2.61 bits per heavy atom. The Kier molecular flexibility index (Phi) is 6.33. The van der Waals surface area contributed by atoms with Gasteiger partial charge in [0.05, 0.1) is 4.70 Å². The molecule has 2 aliphatic rings. The molecule has 2 heterocycles. The highest BCUT2D eigenvalue weighted by molar-refractivity contribution is 7.80. The zero-order chi connectivity index (χ0) is 19.5. The molecule has 4 rings (SSSR count). The van der Waals surface area contributed by atoms with E-state index in [2.05, 4.69) is 39.0 Å². The molecule has 0 radical (unpaired) electrons. The number of aromatic nitrogens is 1. The van der Waals surface area contributed by atoms with Crippen LogP contribution in [0.1, 0.15) is 32.1 Å². The summed E-state index contributed by atoms with van der Waals surface area (Å²) < 4.78 is 6.01. The van der Waals surface area contributed by atoms with Gasteiger partial charge in [0.1, 0.15) is 5.82 Å². The molecule has 0 amide bonds. The van der Waals surface area contributed by atoms with Gasteiger partial charge in [-0.3, -0.25) is 4.90 Å². The van der Waals surface area contributed by atoms with Crippen LogP contribution < -0.4 is 10.6 Å². The fourth-order valence-corrected chi connectivity index (χ4v) is 5.59. The second-order valence-corrected chi connectivity index (χ2v) is 9.47. The second-order valence-electron chi connectivity index (χ2n) is 8.24. The number of piperazine rings is 1. The molecule has 2 fully saturated rings. The van der Waals surface area contributed by atoms with Crippen LogP contribution in [0.5, 0.6) is 0 Å². The molecule has 1 aromatic carbocycles. The van der Waals surface area contributed by atoms with Gasteiger partial charge in [-0.15, -0.1) is 0 Å². The molecule has 2 aromatic rings. The summed E-state index contributed by atoms with van der Waals surface area (Å²) in [5.74, 6) is 2.04. The van der Waals surface area contributed by atoms with Crippen molar-refractivity contribution >= 4 is 44.8 Å². The lowest BCUT2D eigenvalue weighted by Crippen LogP contribution is -2.47. The Morgan fingerprint density at radius 1 is 1.18 bits per heavy atom. The fourth-order valence-electron chi connectivity index (χ4n) is 4.65. The number of hydrogen-bond donors (Lipinski definition) is 1. The number of nitrogens with zero attached hydrogens (tertiary/aromatic N) is 4. The maximum Gasteiger partial charge on any atom is 0.166 e. The van der Waals surface area contributed by atoms with Gasteiger partial charge in [-0.2, -0.15) is 4.37 Å². The molecule has 2 N–H and O–H groups in total. The van der Waals surface area contributed by atoms with Gasteiger partial charge in [0.25, 0.3) is 0 Å². The Labute approximate surface area is 177 Å². The van der Waals surface area contributed by atoms with Crippen molar-refractivity contribution in [2.24, 2.45) is 11.7 Å². The van der Waals surface area contributed by atoms with Crippen molar-refractivity contribution in [3.8, 4) is 0 Å². The van der Waals surface area contributed by atoms with Crippen molar-refractivity contribution in [2.75, 3.05) is 44.7 Å². The van der Waals surface area contributed by atoms with Crippen LogP contribution in [0.4, 0.5) is 5.82 Å². The van der Waals surface area contributed by atoms with E-state index in [9.17, 15) is 0 Å². The molecule has 7 heteroatoms. The summed E-state index contributed by atoms with van der Waals surface area (Å²) in [5.41, 5.74) is 5.78. The van der Waals surface area contributed by atoms with Crippen LogP contribution in [0.15, 0.2) is 24.3 Å². The lowest BCUT2D eigenvalue weighted by molar-refractivity contribution is 0.190. The molecule has 0 bridgehead atoms. The Balaban J connectivity index is 1.21. The smallest absolute Gasteiger partial charge is 0.166 e. The van der Waals surface area contributed by atoms with E-state index in [1.807, 2.05) is 7.05 Å². The van der Waals surface area contributed by atoms with Crippen molar-refractivity contribution in [2.45, 2.75) is 38.1 Å². The number of benzene rings is 1. The van der Waals surface area contributed by atoms with Crippen molar-refractivity contribution in [3.05, 3.63) is 24.3 Å². The monoisotopic (exact) mass is 417 g/mol. The zero-order valence-electron chi connectivity index (χ0n) is 16.7. The van der Waals surface area contributed by atoms with Gasteiger partial charge in [-0.25, -0.2) is 0 Å². The number of nitrogens with two attached hydrogens (primary N) is 1. The molecular weight excluding hydrogens is 386 g/mol. The third kappa shape index (κ3) is 4.42. The number of rotatable bonds is 5. The first kappa shape index (κ1) is 19.9. The van der Waals surface area contributed by atoms with Gasteiger partial charge in [-0.05, 0) is 80.4 Å². The standard InChI is InChI=1S/C21H31N5S2/c1-24(21(22)27)17-8-6-16(7-9-17)10-11-25-12-14-26(15-13-25)20-18-4-2-3-5-19(18)28-23-20/h2-5,16-17H,6-15H2,1H3,(H2,22,27)/t16-,17-. The lowest BCUT2D eigenvalue weighted by Gasteiger charge is -2.37. The predicted molar refractivity (Wildman–Crippen MR) is 123 cm³/mol. The molecule has 1 aromatic heterocycles. The van der Waals surface area contributed by atoms with Gasteiger partial charge in [-0.1, -0.05) is 12.1 Å². The Morgan fingerprint density at radius 2 is 1.89 bits per heavy atom. The van der Waals surface area contributed by atoms with E-state index >= 15 is 0 Å². The van der Waals surface area contributed by atoms with Crippen LogP contribution in [-0.4, -0.2) is 65.1 Å². The van der Waals surface area contributed by atoms with E-state index in [0.717, 1.165) is 32.1 Å². The summed E-state index contributed by atoms with van der Waals surface area (Å²) in [7, 11) is 2.04. The average Bonchev–Trinajstić information content (AvgIpc) is 3.16. The maximum atomic E-state index is 5.78. The summed E-state index contributed by atoms with van der Waals surface area (Å²) in [5, 5.41) is 1.84. The second kappa shape index (κ2) is 8.93. The van der Waals surface area contributed by atoms with Crippen LogP contribution in [0.25, 0.3) is 10.1 Å². The molecule has 0 unspecified atom stereocenters. The molecule has 28 heavy (non-hydrogen) atoms. The van der Waals surface area contributed by atoms with Crippen LogP contribution in [-0.2, 0) is 0 Å². The molecule has 1 aliphatic heterocycles. The Bertz CT molecular complexity index is 791. The van der Waals surface area contributed by atoms with Gasteiger partial charge < -0.3 is 15.5 Å². The summed E-state index contributed by atoms with van der Waals surface area (Å²) in [6.07, 6.45) is 6.39. The van der Waals surface area contributed by atoms with Gasteiger partial charge in [0.2, 0.25) is 0 Å². The number of anilines is 1. The summed E-state index contributed by atoms with van der Waals surface area (Å²) in [6, 6.07) is 9.12. The van der Waals surface area contributed by atoms with Crippen molar-refractivity contribution in [3.63, 3.8) is 0 Å². The molecule has 1 saturated carbocycles. The number of hydrogen-bond acceptors (Lipinski definition) is 5. The first-order valence-electron chi connectivity index (χ1n) is 10.5. The van der Waals surface area contributed by atoms with E-state index in [4.69, 9.17) is 22.3 Å². The normalized spacial score (nSPS) is 23.8. The fraction of sp³-hybridized carbons (Fsp3) is 0.619. The quantitative estimate of drug-likeness (QED) is 0.751. The largest absolute Gasteiger partial charge is 0.376 e. The van der Waals surface area contributed by atoms with Gasteiger partial charge in [0, 0.05) is 44.7 Å². The highest BCUT2D eigenvalue weighted by Gasteiger charge is 2.26. The van der Waals surface area contributed by atoms with Crippen molar-refractivity contribution in [1.82, 2.24) is 14.2 Å². The van der Waals surface area contributed by atoms with Gasteiger partial charge >= 0.3 is 0 Å². The first-order valence-corrected chi connectivity index (χ1v) is 11.6. The summed E-state index contributed by atoms with van der Waals surface area (Å²) >= 11 is 6.74. The molecule has 1 saturated heterocycles. The zero-order valence-corrected chi connectivity index (χ0v) is 18.4. The number of thiocarbonyl (C=S) groups is 1. The van der Waals surface area contributed by atoms with Crippen molar-refractivity contribution < 1.29 is 0 Å². The molecular formula is C21H31N5S2. The van der Waals surface area contributed by atoms with E-state index < -0.39 is 0 Å². The maximum absolute atomic E-state index is 5.78. The lowest BCUT2D eigenvalue weighted by atomic mass is 9.83.